The smallest absolute Gasteiger partial charge is 0.257 e. The minimum Gasteiger partial charge on any atom is -0.308 e. The van der Waals surface area contributed by atoms with Crippen LogP contribution < -0.4 is 10.6 Å². The van der Waals surface area contributed by atoms with Crippen LogP contribution in [0.5, 0.6) is 0 Å². The zero-order valence-corrected chi connectivity index (χ0v) is 16.0. The summed E-state index contributed by atoms with van der Waals surface area (Å²) in [6, 6.07) is 12.7. The van der Waals surface area contributed by atoms with Gasteiger partial charge in [0.05, 0.1) is 10.2 Å². The minimum absolute atomic E-state index is 0.207. The second-order valence-electron chi connectivity index (χ2n) is 4.55. The van der Waals surface area contributed by atoms with Crippen molar-refractivity contribution >= 4 is 84.1 Å². The Morgan fingerprint density at radius 3 is 2.87 bits per heavy atom. The molecule has 0 aliphatic heterocycles. The SMILES string of the molecule is O=C(NC(=S)Nc1nc2ccc(Cl)cc2s1)c1cccc(I)c1. The second-order valence-corrected chi connectivity index (χ2v) is 7.67. The quantitative estimate of drug-likeness (QED) is 0.419. The molecular formula is C15H9ClIN3OS2. The van der Waals surface area contributed by atoms with Gasteiger partial charge in [0.2, 0.25) is 0 Å². The number of nitrogens with one attached hydrogen (secondary N) is 2. The van der Waals surface area contributed by atoms with E-state index in [1.54, 1.807) is 18.2 Å². The molecule has 2 aromatic carbocycles. The summed E-state index contributed by atoms with van der Waals surface area (Å²) in [4.78, 5) is 16.5. The third-order valence-corrected chi connectivity index (χ3v) is 4.93. The highest BCUT2D eigenvalue weighted by Crippen LogP contribution is 2.28. The number of fused-ring (bicyclic) bond motifs is 1. The van der Waals surface area contributed by atoms with Gasteiger partial charge in [-0.05, 0) is 71.2 Å². The summed E-state index contributed by atoms with van der Waals surface area (Å²) in [6.07, 6.45) is 0. The Morgan fingerprint density at radius 1 is 1.26 bits per heavy atom. The molecule has 0 atom stereocenters. The van der Waals surface area contributed by atoms with Crippen molar-refractivity contribution in [2.24, 2.45) is 0 Å². The molecule has 4 nitrogen and oxygen atoms in total. The molecule has 0 spiro atoms. The van der Waals surface area contributed by atoms with Crippen molar-refractivity contribution in [1.29, 1.82) is 0 Å². The van der Waals surface area contributed by atoms with Crippen molar-refractivity contribution in [3.8, 4) is 0 Å². The van der Waals surface area contributed by atoms with E-state index >= 15 is 0 Å². The molecule has 0 aliphatic rings. The molecule has 0 saturated carbocycles. The normalized spacial score (nSPS) is 10.5. The molecule has 0 aliphatic carbocycles. The molecule has 0 fully saturated rings. The third-order valence-electron chi connectivity index (χ3n) is 2.88. The number of thiazole rings is 1. The lowest BCUT2D eigenvalue weighted by atomic mass is 10.2. The molecule has 0 saturated heterocycles. The van der Waals surface area contributed by atoms with E-state index in [1.165, 1.54) is 11.3 Å². The molecule has 0 radical (unpaired) electrons. The zero-order chi connectivity index (χ0) is 16.4. The van der Waals surface area contributed by atoms with E-state index in [1.807, 2.05) is 24.3 Å². The highest BCUT2D eigenvalue weighted by molar-refractivity contribution is 14.1. The van der Waals surface area contributed by atoms with Crippen molar-refractivity contribution in [2.45, 2.75) is 0 Å². The Hall–Kier alpha value is -1.29. The Kier molecular flexibility index (Phi) is 5.10. The van der Waals surface area contributed by atoms with Gasteiger partial charge in [0.15, 0.2) is 10.2 Å². The van der Waals surface area contributed by atoms with Gasteiger partial charge in [-0.25, -0.2) is 4.98 Å². The standard InChI is InChI=1S/C15H9ClIN3OS2/c16-9-4-5-11-12(7-9)23-15(18-11)20-14(22)19-13(21)8-2-1-3-10(17)6-8/h1-7H,(H2,18,19,20,21,22). The van der Waals surface area contributed by atoms with Crippen LogP contribution in [0.2, 0.25) is 5.02 Å². The van der Waals surface area contributed by atoms with E-state index in [0.717, 1.165) is 13.8 Å². The van der Waals surface area contributed by atoms with Crippen LogP contribution in [-0.4, -0.2) is 16.0 Å². The van der Waals surface area contributed by atoms with Crippen molar-refractivity contribution in [2.75, 3.05) is 5.32 Å². The van der Waals surface area contributed by atoms with Crippen LogP contribution in [0.15, 0.2) is 42.5 Å². The van der Waals surface area contributed by atoms with E-state index < -0.39 is 0 Å². The first-order valence-corrected chi connectivity index (χ1v) is 9.13. The summed E-state index contributed by atoms with van der Waals surface area (Å²) < 4.78 is 1.93. The van der Waals surface area contributed by atoms with Crippen molar-refractivity contribution < 1.29 is 4.79 Å². The number of amides is 1. The maximum Gasteiger partial charge on any atom is 0.257 e. The van der Waals surface area contributed by atoms with Gasteiger partial charge in [0, 0.05) is 14.2 Å². The highest BCUT2D eigenvalue weighted by atomic mass is 127. The Labute approximate surface area is 160 Å². The fourth-order valence-corrected chi connectivity index (χ4v) is 3.83. The molecule has 3 aromatic rings. The van der Waals surface area contributed by atoms with Crippen LogP contribution in [0.4, 0.5) is 5.13 Å². The lowest BCUT2D eigenvalue weighted by Gasteiger charge is -2.07. The molecule has 1 heterocycles. The largest absolute Gasteiger partial charge is 0.308 e. The third kappa shape index (κ3) is 4.17. The van der Waals surface area contributed by atoms with Crippen molar-refractivity contribution in [3.05, 3.63) is 56.6 Å². The van der Waals surface area contributed by atoms with Crippen LogP contribution in [0.1, 0.15) is 10.4 Å². The first-order chi connectivity index (χ1) is 11.0. The van der Waals surface area contributed by atoms with Crippen LogP contribution in [-0.2, 0) is 0 Å². The van der Waals surface area contributed by atoms with Crippen LogP contribution in [0.25, 0.3) is 10.2 Å². The number of rotatable bonds is 2. The van der Waals surface area contributed by atoms with E-state index in [2.05, 4.69) is 38.2 Å². The number of nitrogens with zero attached hydrogens (tertiary/aromatic N) is 1. The molecule has 1 aromatic heterocycles. The van der Waals surface area contributed by atoms with Crippen LogP contribution >= 0.6 is 57.7 Å². The van der Waals surface area contributed by atoms with Gasteiger partial charge in [0.25, 0.3) is 5.91 Å². The fraction of sp³-hybridized carbons (Fsp3) is 0. The van der Waals surface area contributed by atoms with Crippen molar-refractivity contribution in [1.82, 2.24) is 10.3 Å². The van der Waals surface area contributed by atoms with E-state index in [0.29, 0.717) is 15.7 Å². The summed E-state index contributed by atoms with van der Waals surface area (Å²) in [6.45, 7) is 0. The predicted molar refractivity (Wildman–Crippen MR) is 107 cm³/mol. The monoisotopic (exact) mass is 473 g/mol. The maximum absolute atomic E-state index is 12.1. The summed E-state index contributed by atoms with van der Waals surface area (Å²) in [5, 5.41) is 7.04. The molecule has 0 unspecified atom stereocenters. The Bertz CT molecular complexity index is 913. The van der Waals surface area contributed by atoms with E-state index in [-0.39, 0.29) is 11.0 Å². The minimum atomic E-state index is -0.259. The number of anilines is 1. The first-order valence-electron chi connectivity index (χ1n) is 6.45. The number of carbonyl (C=O) groups is 1. The molecule has 8 heteroatoms. The number of halogens is 2. The molecular weight excluding hydrogens is 465 g/mol. The zero-order valence-electron chi connectivity index (χ0n) is 11.5. The average molecular weight is 474 g/mol. The molecule has 2 N–H and O–H groups in total. The molecule has 23 heavy (non-hydrogen) atoms. The Morgan fingerprint density at radius 2 is 2.09 bits per heavy atom. The molecule has 0 bridgehead atoms. The summed E-state index contributed by atoms with van der Waals surface area (Å²) in [7, 11) is 0. The topological polar surface area (TPSA) is 54.0 Å². The van der Waals surface area contributed by atoms with Gasteiger partial charge in [-0.1, -0.05) is 29.0 Å². The van der Waals surface area contributed by atoms with Crippen LogP contribution in [0.3, 0.4) is 0 Å². The number of hydrogen-bond donors (Lipinski definition) is 2. The summed E-state index contributed by atoms with van der Waals surface area (Å²) in [5.74, 6) is -0.259. The lowest BCUT2D eigenvalue weighted by molar-refractivity contribution is 0.0977. The van der Waals surface area contributed by atoms with E-state index in [9.17, 15) is 4.79 Å². The summed E-state index contributed by atoms with van der Waals surface area (Å²) in [5.41, 5.74) is 1.38. The van der Waals surface area contributed by atoms with Crippen molar-refractivity contribution in [3.63, 3.8) is 0 Å². The predicted octanol–water partition coefficient (Wildman–Crippen LogP) is 4.68. The van der Waals surface area contributed by atoms with Gasteiger partial charge >= 0.3 is 0 Å². The molecule has 1 amide bonds. The van der Waals surface area contributed by atoms with Crippen LogP contribution in [0, 0.1) is 3.57 Å². The average Bonchev–Trinajstić information content (AvgIpc) is 2.88. The maximum atomic E-state index is 12.1. The van der Waals surface area contributed by atoms with E-state index in [4.69, 9.17) is 23.8 Å². The molecule has 3 rings (SSSR count). The van der Waals surface area contributed by atoms with Gasteiger partial charge in [-0.3, -0.25) is 10.1 Å². The summed E-state index contributed by atoms with van der Waals surface area (Å²) >= 11 is 14.7. The number of hydrogen-bond acceptors (Lipinski definition) is 4. The highest BCUT2D eigenvalue weighted by Gasteiger charge is 2.10. The number of aromatic nitrogens is 1. The Balaban J connectivity index is 1.69. The number of carbonyl (C=O) groups excluding carboxylic acids is 1. The van der Waals surface area contributed by atoms with Gasteiger partial charge < -0.3 is 5.32 Å². The number of benzene rings is 2. The number of thiocarbonyl (C=S) groups is 1. The second kappa shape index (κ2) is 7.08. The first kappa shape index (κ1) is 16.6. The lowest BCUT2D eigenvalue weighted by Crippen LogP contribution is -2.34. The fourth-order valence-electron chi connectivity index (χ4n) is 1.89. The molecule has 116 valence electrons. The van der Waals surface area contributed by atoms with Gasteiger partial charge in [-0.15, -0.1) is 0 Å². The van der Waals surface area contributed by atoms with Gasteiger partial charge in [-0.2, -0.15) is 0 Å². The van der Waals surface area contributed by atoms with Gasteiger partial charge in [0.1, 0.15) is 0 Å².